The Kier molecular flexibility index (Phi) is 4.78. The zero-order valence-electron chi connectivity index (χ0n) is 11.3. The van der Waals surface area contributed by atoms with E-state index in [-0.39, 0.29) is 6.04 Å². The maximum Gasteiger partial charge on any atom is 0.239 e. The molecule has 0 N–H and O–H groups in total. The van der Waals surface area contributed by atoms with Gasteiger partial charge in [-0.15, -0.1) is 0 Å². The molecule has 1 aromatic heterocycles. The van der Waals surface area contributed by atoms with Crippen LogP contribution in [0.4, 0.5) is 0 Å². The van der Waals surface area contributed by atoms with E-state index in [4.69, 9.17) is 0 Å². The van der Waals surface area contributed by atoms with Crippen molar-refractivity contribution < 1.29 is 4.79 Å². The van der Waals surface area contributed by atoms with Gasteiger partial charge in [-0.05, 0) is 28.8 Å². The summed E-state index contributed by atoms with van der Waals surface area (Å²) in [6.07, 6.45) is 3.27. The molecular formula is C14H22N2OS. The highest BCUT2D eigenvalue weighted by Gasteiger charge is 2.32. The molecule has 0 radical (unpaired) electrons. The number of nitrogens with zero attached hydrogens (tertiary/aromatic N) is 2. The van der Waals surface area contributed by atoms with E-state index >= 15 is 0 Å². The molecule has 1 aliphatic rings. The Morgan fingerprint density at radius 1 is 1.44 bits per heavy atom. The van der Waals surface area contributed by atoms with Crippen molar-refractivity contribution in [3.05, 3.63) is 22.4 Å². The number of likely N-dealkylation sites (N-methyl/N-ethyl adjacent to an activating group) is 1. The van der Waals surface area contributed by atoms with Gasteiger partial charge in [-0.3, -0.25) is 9.69 Å². The van der Waals surface area contributed by atoms with Gasteiger partial charge in [-0.1, -0.05) is 19.8 Å². The van der Waals surface area contributed by atoms with Crippen molar-refractivity contribution in [2.24, 2.45) is 0 Å². The van der Waals surface area contributed by atoms with E-state index in [1.165, 1.54) is 5.56 Å². The summed E-state index contributed by atoms with van der Waals surface area (Å²) in [5, 5.41) is 4.29. The molecule has 0 spiro atoms. The first-order chi connectivity index (χ1) is 8.72. The van der Waals surface area contributed by atoms with Crippen LogP contribution in [0.1, 0.15) is 31.7 Å². The normalized spacial score (nSPS) is 21.6. The summed E-state index contributed by atoms with van der Waals surface area (Å²) < 4.78 is 0. The van der Waals surface area contributed by atoms with Gasteiger partial charge >= 0.3 is 0 Å². The molecule has 0 aliphatic carbocycles. The number of thiophene rings is 1. The van der Waals surface area contributed by atoms with E-state index in [1.807, 2.05) is 11.9 Å². The summed E-state index contributed by atoms with van der Waals surface area (Å²) in [5.41, 5.74) is 1.33. The van der Waals surface area contributed by atoms with Crippen molar-refractivity contribution in [3.8, 4) is 0 Å². The maximum atomic E-state index is 12.3. The van der Waals surface area contributed by atoms with Gasteiger partial charge in [0.2, 0.25) is 5.91 Å². The van der Waals surface area contributed by atoms with Crippen LogP contribution in [0.2, 0.25) is 0 Å². The topological polar surface area (TPSA) is 23.6 Å². The highest BCUT2D eigenvalue weighted by molar-refractivity contribution is 7.07. The lowest BCUT2D eigenvalue weighted by molar-refractivity contribution is -0.140. The first-order valence-electron chi connectivity index (χ1n) is 6.72. The van der Waals surface area contributed by atoms with Crippen LogP contribution in [0.3, 0.4) is 0 Å². The highest BCUT2D eigenvalue weighted by atomic mass is 32.1. The molecule has 1 amide bonds. The van der Waals surface area contributed by atoms with Gasteiger partial charge in [0.25, 0.3) is 0 Å². The van der Waals surface area contributed by atoms with Gasteiger partial charge in [0, 0.05) is 26.7 Å². The molecule has 2 heterocycles. The Balaban J connectivity index is 2.03. The van der Waals surface area contributed by atoms with Gasteiger partial charge in [-0.2, -0.15) is 11.3 Å². The van der Waals surface area contributed by atoms with E-state index in [0.717, 1.165) is 38.9 Å². The molecule has 1 aromatic rings. The van der Waals surface area contributed by atoms with Gasteiger partial charge in [0.15, 0.2) is 0 Å². The second kappa shape index (κ2) is 6.34. The van der Waals surface area contributed by atoms with Crippen molar-refractivity contribution in [1.29, 1.82) is 0 Å². The number of hydrogen-bond donors (Lipinski definition) is 0. The molecule has 1 saturated heterocycles. The summed E-state index contributed by atoms with van der Waals surface area (Å²) in [4.78, 5) is 16.5. The Morgan fingerprint density at radius 3 is 2.94 bits per heavy atom. The minimum atomic E-state index is 0.0867. The molecule has 0 aromatic carbocycles. The monoisotopic (exact) mass is 266 g/mol. The summed E-state index contributed by atoms with van der Waals surface area (Å²) in [6, 6.07) is 2.24. The standard InChI is InChI=1S/C14H22N2OS/c1-3-4-5-13-14(17)15(2)7-8-16(13)10-12-6-9-18-11-12/h6,9,11,13H,3-5,7-8,10H2,1-2H3/t13-/m1/s1. The molecule has 1 atom stereocenters. The molecule has 4 heteroatoms. The largest absolute Gasteiger partial charge is 0.343 e. The van der Waals surface area contributed by atoms with Gasteiger partial charge in [-0.25, -0.2) is 0 Å². The zero-order valence-corrected chi connectivity index (χ0v) is 12.1. The molecule has 0 saturated carbocycles. The predicted molar refractivity (Wildman–Crippen MR) is 75.7 cm³/mol. The van der Waals surface area contributed by atoms with Crippen LogP contribution >= 0.6 is 11.3 Å². The SMILES string of the molecule is CCCC[C@@H]1C(=O)N(C)CCN1Cc1ccsc1. The summed E-state index contributed by atoms with van der Waals surface area (Å²) in [5.74, 6) is 0.296. The predicted octanol–water partition coefficient (Wildman–Crippen LogP) is 2.58. The quantitative estimate of drug-likeness (QED) is 0.818. The number of unbranched alkanes of at least 4 members (excludes halogenated alkanes) is 1. The van der Waals surface area contributed by atoms with E-state index in [1.54, 1.807) is 11.3 Å². The van der Waals surface area contributed by atoms with E-state index in [2.05, 4.69) is 28.7 Å². The molecule has 100 valence electrons. The van der Waals surface area contributed by atoms with Crippen LogP contribution < -0.4 is 0 Å². The third-order valence-corrected chi connectivity index (χ3v) is 4.35. The number of piperazine rings is 1. The van der Waals surface area contributed by atoms with Crippen LogP contribution in [0.15, 0.2) is 16.8 Å². The Hall–Kier alpha value is -0.870. The van der Waals surface area contributed by atoms with Crippen molar-refractivity contribution in [1.82, 2.24) is 9.80 Å². The lowest BCUT2D eigenvalue weighted by atomic mass is 10.0. The number of rotatable bonds is 5. The fraction of sp³-hybridized carbons (Fsp3) is 0.643. The van der Waals surface area contributed by atoms with Crippen molar-refractivity contribution in [2.45, 2.75) is 38.8 Å². The maximum absolute atomic E-state index is 12.3. The minimum Gasteiger partial charge on any atom is -0.343 e. The Labute approximate surface area is 113 Å². The van der Waals surface area contributed by atoms with Crippen LogP contribution in [0.5, 0.6) is 0 Å². The molecule has 1 fully saturated rings. The van der Waals surface area contributed by atoms with Crippen LogP contribution in [-0.2, 0) is 11.3 Å². The number of hydrogen-bond acceptors (Lipinski definition) is 3. The third kappa shape index (κ3) is 3.12. The summed E-state index contributed by atoms with van der Waals surface area (Å²) in [7, 11) is 1.92. The number of carbonyl (C=O) groups excluding carboxylic acids is 1. The highest BCUT2D eigenvalue weighted by Crippen LogP contribution is 2.19. The lowest BCUT2D eigenvalue weighted by Crippen LogP contribution is -2.55. The molecule has 3 nitrogen and oxygen atoms in total. The van der Waals surface area contributed by atoms with Crippen molar-refractivity contribution >= 4 is 17.2 Å². The minimum absolute atomic E-state index is 0.0867. The van der Waals surface area contributed by atoms with Crippen LogP contribution in [-0.4, -0.2) is 41.9 Å². The molecular weight excluding hydrogens is 244 g/mol. The second-order valence-electron chi connectivity index (χ2n) is 5.02. The Morgan fingerprint density at radius 2 is 2.28 bits per heavy atom. The van der Waals surface area contributed by atoms with Gasteiger partial charge in [0.1, 0.15) is 0 Å². The van der Waals surface area contributed by atoms with Crippen LogP contribution in [0, 0.1) is 0 Å². The fourth-order valence-electron chi connectivity index (χ4n) is 2.46. The number of carbonyl (C=O) groups is 1. The van der Waals surface area contributed by atoms with E-state index in [9.17, 15) is 4.79 Å². The smallest absolute Gasteiger partial charge is 0.239 e. The fourth-order valence-corrected chi connectivity index (χ4v) is 3.12. The third-order valence-electron chi connectivity index (χ3n) is 3.62. The van der Waals surface area contributed by atoms with Gasteiger partial charge in [0.05, 0.1) is 6.04 Å². The first kappa shape index (κ1) is 13.6. The van der Waals surface area contributed by atoms with Crippen molar-refractivity contribution in [2.75, 3.05) is 20.1 Å². The van der Waals surface area contributed by atoms with Gasteiger partial charge < -0.3 is 4.90 Å². The molecule has 1 aliphatic heterocycles. The van der Waals surface area contributed by atoms with Crippen molar-refractivity contribution in [3.63, 3.8) is 0 Å². The summed E-state index contributed by atoms with van der Waals surface area (Å²) >= 11 is 1.73. The number of amides is 1. The molecule has 0 bridgehead atoms. The van der Waals surface area contributed by atoms with E-state index < -0.39 is 0 Å². The Bertz CT molecular complexity index is 377. The average Bonchev–Trinajstić information content (AvgIpc) is 2.86. The first-order valence-corrected chi connectivity index (χ1v) is 7.66. The average molecular weight is 266 g/mol. The zero-order chi connectivity index (χ0) is 13.0. The molecule has 0 unspecified atom stereocenters. The molecule has 2 rings (SSSR count). The van der Waals surface area contributed by atoms with Crippen LogP contribution in [0.25, 0.3) is 0 Å². The lowest BCUT2D eigenvalue weighted by Gasteiger charge is -2.39. The second-order valence-corrected chi connectivity index (χ2v) is 5.80. The molecule has 18 heavy (non-hydrogen) atoms. The van der Waals surface area contributed by atoms with E-state index in [0.29, 0.717) is 5.91 Å². The summed E-state index contributed by atoms with van der Waals surface area (Å²) in [6.45, 7) is 4.94.